The second kappa shape index (κ2) is 9.08. The van der Waals surface area contributed by atoms with Crippen LogP contribution in [0.15, 0.2) is 4.52 Å². The van der Waals surface area contributed by atoms with Gasteiger partial charge in [-0.3, -0.25) is 4.79 Å². The average Bonchev–Trinajstić information content (AvgIpc) is 3.71. The third kappa shape index (κ3) is 3.39. The van der Waals surface area contributed by atoms with Crippen LogP contribution in [0.2, 0.25) is 5.15 Å². The Morgan fingerprint density at radius 3 is 2.66 bits per heavy atom. The molecule has 2 saturated heterocycles. The Hall–Kier alpha value is -2.40. The molecular weight excluding hydrogens is 508 g/mol. The van der Waals surface area contributed by atoms with Crippen LogP contribution in [0, 0.1) is 0 Å². The molecule has 202 valence electrons. The standard InChI is InChI=1S/C27H33ClN6O4/c1-16(19-8-6-12-33(19)2)34-25-20(18(15-35)31-34)23(28)29-24(30-25)21-17-7-5-10-26(22(17)38-32-21)9-3-4-11-27(26)36-13-14-37-27/h15-16,19H,3-14H2,1-2H3/t16-,19-,26-/m0/s1. The van der Waals surface area contributed by atoms with E-state index in [0.29, 0.717) is 41.8 Å². The molecule has 0 bridgehead atoms. The van der Waals surface area contributed by atoms with Gasteiger partial charge in [0.05, 0.1) is 30.1 Å². The van der Waals surface area contributed by atoms with Gasteiger partial charge >= 0.3 is 0 Å². The van der Waals surface area contributed by atoms with Crippen molar-refractivity contribution >= 4 is 28.9 Å². The zero-order valence-corrected chi connectivity index (χ0v) is 22.7. The summed E-state index contributed by atoms with van der Waals surface area (Å²) in [6.07, 6.45) is 9.62. The molecule has 3 aromatic rings. The number of carbonyl (C=O) groups excluding carboxylic acids is 1. The molecule has 1 saturated carbocycles. The Kier molecular flexibility index (Phi) is 5.88. The van der Waals surface area contributed by atoms with Gasteiger partial charge in [-0.2, -0.15) is 5.10 Å². The van der Waals surface area contributed by atoms with Crippen LogP contribution in [0.1, 0.15) is 86.1 Å². The van der Waals surface area contributed by atoms with E-state index in [1.54, 1.807) is 0 Å². The fraction of sp³-hybridized carbons (Fsp3) is 0.667. The van der Waals surface area contributed by atoms with Crippen molar-refractivity contribution in [1.82, 2.24) is 29.8 Å². The summed E-state index contributed by atoms with van der Waals surface area (Å²) in [5.74, 6) is 0.594. The van der Waals surface area contributed by atoms with Crippen molar-refractivity contribution in [3.63, 3.8) is 0 Å². The number of halogens is 1. The van der Waals surface area contributed by atoms with Gasteiger partial charge in [-0.25, -0.2) is 14.6 Å². The van der Waals surface area contributed by atoms with Crippen LogP contribution in [0.25, 0.3) is 22.6 Å². The molecule has 0 N–H and O–H groups in total. The molecular formula is C27H33ClN6O4. The number of aromatic nitrogens is 5. The first-order chi connectivity index (χ1) is 18.5. The lowest BCUT2D eigenvalue weighted by Gasteiger charge is -2.50. The summed E-state index contributed by atoms with van der Waals surface area (Å²) in [4.78, 5) is 23.8. The number of likely N-dealkylation sites (tertiary alicyclic amines) is 1. The van der Waals surface area contributed by atoms with Gasteiger partial charge < -0.3 is 18.9 Å². The molecule has 0 aromatic carbocycles. The van der Waals surface area contributed by atoms with Gasteiger partial charge in [-0.15, -0.1) is 0 Å². The van der Waals surface area contributed by atoms with Gasteiger partial charge in [-0.05, 0) is 65.5 Å². The summed E-state index contributed by atoms with van der Waals surface area (Å²) >= 11 is 6.72. The maximum Gasteiger partial charge on any atom is 0.185 e. The second-order valence-corrected chi connectivity index (χ2v) is 11.7. The van der Waals surface area contributed by atoms with Crippen molar-refractivity contribution in [1.29, 1.82) is 0 Å². The van der Waals surface area contributed by atoms with Crippen LogP contribution < -0.4 is 0 Å². The van der Waals surface area contributed by atoms with Crippen molar-refractivity contribution in [2.75, 3.05) is 26.8 Å². The molecule has 3 fully saturated rings. The Morgan fingerprint density at radius 2 is 1.89 bits per heavy atom. The third-order valence-corrected chi connectivity index (χ3v) is 9.75. The summed E-state index contributed by atoms with van der Waals surface area (Å²) in [6.45, 7) is 4.36. The molecule has 3 aromatic heterocycles. The van der Waals surface area contributed by atoms with Gasteiger partial charge in [0.25, 0.3) is 0 Å². The Morgan fingerprint density at radius 1 is 1.11 bits per heavy atom. The molecule has 0 amide bonds. The highest BCUT2D eigenvalue weighted by atomic mass is 35.5. The largest absolute Gasteiger partial charge is 0.360 e. The molecule has 4 aliphatic rings. The zero-order chi connectivity index (χ0) is 26.1. The first-order valence-corrected chi connectivity index (χ1v) is 14.2. The van der Waals surface area contributed by atoms with E-state index in [2.05, 4.69) is 34.1 Å². The van der Waals surface area contributed by atoms with Gasteiger partial charge in [-0.1, -0.05) is 23.2 Å². The number of aldehydes is 1. The van der Waals surface area contributed by atoms with E-state index in [0.717, 1.165) is 81.9 Å². The zero-order valence-electron chi connectivity index (χ0n) is 21.9. The number of rotatable bonds is 4. The summed E-state index contributed by atoms with van der Waals surface area (Å²) in [7, 11) is 2.13. The molecule has 2 aliphatic carbocycles. The molecule has 2 aliphatic heterocycles. The average molecular weight is 541 g/mol. The number of hydrogen-bond donors (Lipinski definition) is 0. The molecule has 11 heteroatoms. The first-order valence-electron chi connectivity index (χ1n) is 13.9. The Bertz CT molecular complexity index is 1400. The molecule has 0 radical (unpaired) electrons. The summed E-state index contributed by atoms with van der Waals surface area (Å²) < 4.78 is 20.6. The van der Waals surface area contributed by atoms with E-state index in [1.807, 2.05) is 4.68 Å². The lowest BCUT2D eigenvalue weighted by Crippen LogP contribution is -2.56. The number of nitrogens with zero attached hydrogens (tertiary/aromatic N) is 6. The highest BCUT2D eigenvalue weighted by Crippen LogP contribution is 2.57. The minimum absolute atomic E-state index is 0.00534. The lowest BCUT2D eigenvalue weighted by atomic mass is 9.61. The highest BCUT2D eigenvalue weighted by molar-refractivity contribution is 6.35. The topological polar surface area (TPSA) is 108 Å². The highest BCUT2D eigenvalue weighted by Gasteiger charge is 2.61. The fourth-order valence-electron chi connectivity index (χ4n) is 7.67. The molecule has 2 spiro atoms. The molecule has 3 atom stereocenters. The maximum absolute atomic E-state index is 11.9. The van der Waals surface area contributed by atoms with E-state index in [9.17, 15) is 4.79 Å². The minimum atomic E-state index is -0.653. The van der Waals surface area contributed by atoms with Crippen LogP contribution in [-0.4, -0.2) is 74.7 Å². The predicted molar refractivity (Wildman–Crippen MR) is 139 cm³/mol. The van der Waals surface area contributed by atoms with Crippen molar-refractivity contribution < 1.29 is 18.8 Å². The van der Waals surface area contributed by atoms with E-state index in [-0.39, 0.29) is 22.3 Å². The SMILES string of the molecule is C[C@@H]([C@@H]1CCCN1C)n1nc(C=O)c2c(Cl)nc(-c3noc4c3CCC[C@@]43CCCCC34OCCO4)nc21. The first kappa shape index (κ1) is 24.6. The van der Waals surface area contributed by atoms with E-state index < -0.39 is 5.79 Å². The van der Waals surface area contributed by atoms with Crippen LogP contribution in [0.4, 0.5) is 0 Å². The third-order valence-electron chi connectivity index (χ3n) is 9.47. The quantitative estimate of drug-likeness (QED) is 0.349. The number of fused-ring (bicyclic) bond motifs is 4. The van der Waals surface area contributed by atoms with Gasteiger partial charge in [0.1, 0.15) is 10.8 Å². The van der Waals surface area contributed by atoms with Crippen molar-refractivity contribution in [3.8, 4) is 11.5 Å². The molecule has 38 heavy (non-hydrogen) atoms. The molecule has 10 nitrogen and oxygen atoms in total. The Balaban J connectivity index is 1.36. The smallest absolute Gasteiger partial charge is 0.185 e. The predicted octanol–water partition coefficient (Wildman–Crippen LogP) is 4.49. The number of likely N-dealkylation sites (N-methyl/N-ethyl adjacent to an activating group) is 1. The van der Waals surface area contributed by atoms with Crippen LogP contribution in [-0.2, 0) is 21.3 Å². The van der Waals surface area contributed by atoms with Crippen molar-refractivity contribution in [3.05, 3.63) is 22.2 Å². The fourth-order valence-corrected chi connectivity index (χ4v) is 7.93. The number of ether oxygens (including phenoxy) is 2. The molecule has 0 unspecified atom stereocenters. The van der Waals surface area contributed by atoms with Crippen LogP contribution in [0.3, 0.4) is 0 Å². The van der Waals surface area contributed by atoms with Crippen molar-refractivity contribution in [2.24, 2.45) is 0 Å². The lowest BCUT2D eigenvalue weighted by molar-refractivity contribution is -0.235. The Labute approximate surface area is 226 Å². The molecule has 5 heterocycles. The summed E-state index contributed by atoms with van der Waals surface area (Å²) in [5.41, 5.74) is 2.06. The monoisotopic (exact) mass is 540 g/mol. The van der Waals surface area contributed by atoms with Crippen LogP contribution in [0.5, 0.6) is 0 Å². The number of hydrogen-bond acceptors (Lipinski definition) is 9. The van der Waals surface area contributed by atoms with Gasteiger partial charge in [0.2, 0.25) is 0 Å². The van der Waals surface area contributed by atoms with E-state index in [1.165, 1.54) is 0 Å². The maximum atomic E-state index is 11.9. The molecule has 7 rings (SSSR count). The summed E-state index contributed by atoms with van der Waals surface area (Å²) in [5, 5.41) is 9.84. The van der Waals surface area contributed by atoms with Crippen LogP contribution >= 0.6 is 11.6 Å². The normalized spacial score (nSPS) is 27.9. The van der Waals surface area contributed by atoms with Gasteiger partial charge in [0.15, 0.2) is 35.0 Å². The van der Waals surface area contributed by atoms with Gasteiger partial charge in [0, 0.05) is 18.0 Å². The van der Waals surface area contributed by atoms with E-state index >= 15 is 0 Å². The number of carbonyl (C=O) groups is 1. The minimum Gasteiger partial charge on any atom is -0.360 e. The second-order valence-electron chi connectivity index (χ2n) is 11.3. The summed E-state index contributed by atoms with van der Waals surface area (Å²) in [6, 6.07) is 0.300. The van der Waals surface area contributed by atoms with E-state index in [4.69, 9.17) is 30.6 Å². The van der Waals surface area contributed by atoms with Crippen molar-refractivity contribution in [2.45, 2.75) is 88.0 Å².